The molecule has 0 aliphatic carbocycles. The maximum absolute atomic E-state index is 12.8. The highest BCUT2D eigenvalue weighted by Gasteiger charge is 2.51. The summed E-state index contributed by atoms with van der Waals surface area (Å²) in [7, 11) is 0. The number of aliphatic carboxylic acids is 1. The minimum Gasteiger partial charge on any atom is -0.481 e. The quantitative estimate of drug-likeness (QED) is 0.927. The van der Waals surface area contributed by atoms with Gasteiger partial charge >= 0.3 is 5.97 Å². The Kier molecular flexibility index (Phi) is 2.79. The first-order chi connectivity index (χ1) is 10.1. The van der Waals surface area contributed by atoms with Crippen LogP contribution in [0.2, 0.25) is 0 Å². The van der Waals surface area contributed by atoms with E-state index >= 15 is 0 Å². The molecule has 3 atom stereocenters. The Hall–Kier alpha value is -1.88. The van der Waals surface area contributed by atoms with Crippen LogP contribution >= 0.6 is 11.3 Å². The van der Waals surface area contributed by atoms with Gasteiger partial charge in [0, 0.05) is 16.8 Å². The van der Waals surface area contributed by atoms with E-state index < -0.39 is 5.97 Å². The zero-order chi connectivity index (χ0) is 14.6. The molecule has 0 saturated carbocycles. The second-order valence-corrected chi connectivity index (χ2v) is 6.92. The number of fused-ring (bicyclic) bond motifs is 3. The summed E-state index contributed by atoms with van der Waals surface area (Å²) in [4.78, 5) is 26.6. The summed E-state index contributed by atoms with van der Waals surface area (Å²) in [6.07, 6.45) is 2.36. The predicted octanol–water partition coefficient (Wildman–Crippen LogP) is 2.98. The van der Waals surface area contributed by atoms with Crippen LogP contribution in [0.15, 0.2) is 30.3 Å². The normalized spacial score (nSPS) is 27.4. The molecule has 0 spiro atoms. The summed E-state index contributed by atoms with van der Waals surface area (Å²) in [5, 5.41) is 10.4. The Balaban J connectivity index is 1.67. The molecule has 108 valence electrons. The summed E-state index contributed by atoms with van der Waals surface area (Å²) in [5.41, 5.74) is 0. The molecule has 1 aromatic heterocycles. The molecule has 2 saturated heterocycles. The molecule has 2 bridgehead atoms. The number of thiophene rings is 1. The number of carbonyl (C=O) groups is 2. The van der Waals surface area contributed by atoms with E-state index in [1.54, 1.807) is 0 Å². The van der Waals surface area contributed by atoms with E-state index in [-0.39, 0.29) is 23.9 Å². The fourth-order valence-corrected chi connectivity index (χ4v) is 4.79. The molecule has 1 N–H and O–H groups in total. The van der Waals surface area contributed by atoms with Crippen LogP contribution in [-0.2, 0) is 4.79 Å². The smallest absolute Gasteiger partial charge is 0.308 e. The molecule has 1 aromatic carbocycles. The molecular weight excluding hydrogens is 286 g/mol. The highest BCUT2D eigenvalue weighted by Crippen LogP contribution is 2.43. The van der Waals surface area contributed by atoms with Crippen LogP contribution in [0.4, 0.5) is 0 Å². The van der Waals surface area contributed by atoms with E-state index in [1.165, 1.54) is 11.3 Å². The van der Waals surface area contributed by atoms with E-state index in [4.69, 9.17) is 0 Å². The Morgan fingerprint density at radius 1 is 1.24 bits per heavy atom. The fourth-order valence-electron chi connectivity index (χ4n) is 3.79. The average Bonchev–Trinajstić information content (AvgIpc) is 3.18. The topological polar surface area (TPSA) is 57.6 Å². The van der Waals surface area contributed by atoms with Crippen LogP contribution in [0.25, 0.3) is 10.1 Å². The third-order valence-electron chi connectivity index (χ3n) is 4.72. The first-order valence-corrected chi connectivity index (χ1v) is 8.01. The highest BCUT2D eigenvalue weighted by molar-refractivity contribution is 7.20. The summed E-state index contributed by atoms with van der Waals surface area (Å²) in [6, 6.07) is 9.85. The van der Waals surface area contributed by atoms with Crippen molar-refractivity contribution in [1.82, 2.24) is 4.90 Å². The molecule has 3 heterocycles. The number of benzene rings is 1. The predicted molar refractivity (Wildman–Crippen MR) is 80.5 cm³/mol. The molecule has 0 radical (unpaired) electrons. The molecule has 4 rings (SSSR count). The number of nitrogens with zero attached hydrogens (tertiary/aromatic N) is 1. The summed E-state index contributed by atoms with van der Waals surface area (Å²) in [5.74, 6) is -1.15. The third kappa shape index (κ3) is 1.87. The molecule has 5 heteroatoms. The standard InChI is InChI=1S/C16H15NO3S/c18-15(14-7-9-3-1-2-4-13(9)21-14)17-10-5-6-12(17)11(8-10)16(19)20/h1-4,7,10-12H,5-6,8H2,(H,19,20). The van der Waals surface area contributed by atoms with E-state index in [9.17, 15) is 14.7 Å². The molecule has 21 heavy (non-hydrogen) atoms. The van der Waals surface area contributed by atoms with Crippen LogP contribution in [0.1, 0.15) is 28.9 Å². The molecule has 2 fully saturated rings. The monoisotopic (exact) mass is 301 g/mol. The lowest BCUT2D eigenvalue weighted by atomic mass is 9.89. The second-order valence-electron chi connectivity index (χ2n) is 5.84. The van der Waals surface area contributed by atoms with Crippen molar-refractivity contribution in [2.45, 2.75) is 31.3 Å². The summed E-state index contributed by atoms with van der Waals surface area (Å²) < 4.78 is 1.10. The van der Waals surface area contributed by atoms with Crippen LogP contribution in [-0.4, -0.2) is 34.0 Å². The molecule has 3 unspecified atom stereocenters. The largest absolute Gasteiger partial charge is 0.481 e. The lowest BCUT2D eigenvalue weighted by Gasteiger charge is -2.22. The zero-order valence-electron chi connectivity index (χ0n) is 11.4. The molecule has 2 aliphatic rings. The van der Waals surface area contributed by atoms with Gasteiger partial charge in [-0.3, -0.25) is 9.59 Å². The minimum atomic E-state index is -0.767. The number of hydrogen-bond donors (Lipinski definition) is 1. The van der Waals surface area contributed by atoms with Gasteiger partial charge in [0.05, 0.1) is 10.8 Å². The molecule has 2 aliphatic heterocycles. The lowest BCUT2D eigenvalue weighted by Crippen LogP contribution is -2.37. The van der Waals surface area contributed by atoms with Gasteiger partial charge in [-0.25, -0.2) is 0 Å². The maximum Gasteiger partial charge on any atom is 0.308 e. The summed E-state index contributed by atoms with van der Waals surface area (Å²) in [6.45, 7) is 0. The van der Waals surface area contributed by atoms with Crippen LogP contribution in [0.5, 0.6) is 0 Å². The Morgan fingerprint density at radius 2 is 2.05 bits per heavy atom. The molecule has 2 aromatic rings. The number of carboxylic acid groups (broad SMARTS) is 1. The van der Waals surface area contributed by atoms with Gasteiger partial charge in [0.2, 0.25) is 0 Å². The van der Waals surface area contributed by atoms with Gasteiger partial charge < -0.3 is 10.0 Å². The van der Waals surface area contributed by atoms with Crippen molar-refractivity contribution >= 4 is 33.3 Å². The Bertz CT molecular complexity index is 705. The highest BCUT2D eigenvalue weighted by atomic mass is 32.1. The Morgan fingerprint density at radius 3 is 2.76 bits per heavy atom. The van der Waals surface area contributed by atoms with E-state index in [2.05, 4.69) is 0 Å². The van der Waals surface area contributed by atoms with Crippen molar-refractivity contribution in [2.24, 2.45) is 5.92 Å². The zero-order valence-corrected chi connectivity index (χ0v) is 12.2. The number of carboxylic acids is 1. The first-order valence-electron chi connectivity index (χ1n) is 7.19. The number of hydrogen-bond acceptors (Lipinski definition) is 3. The van der Waals surface area contributed by atoms with Crippen LogP contribution in [0, 0.1) is 5.92 Å². The van der Waals surface area contributed by atoms with Crippen molar-refractivity contribution in [2.75, 3.05) is 0 Å². The van der Waals surface area contributed by atoms with Crippen LogP contribution < -0.4 is 0 Å². The van der Waals surface area contributed by atoms with Gasteiger partial charge in [-0.2, -0.15) is 0 Å². The van der Waals surface area contributed by atoms with E-state index in [0.29, 0.717) is 6.42 Å². The third-order valence-corrected chi connectivity index (χ3v) is 5.83. The van der Waals surface area contributed by atoms with Gasteiger partial charge in [-0.15, -0.1) is 11.3 Å². The number of carbonyl (C=O) groups excluding carboxylic acids is 1. The number of amides is 1. The van der Waals surface area contributed by atoms with E-state index in [1.807, 2.05) is 35.2 Å². The van der Waals surface area contributed by atoms with Crippen molar-refractivity contribution in [3.8, 4) is 0 Å². The van der Waals surface area contributed by atoms with Gasteiger partial charge in [0.25, 0.3) is 5.91 Å². The minimum absolute atomic E-state index is 0.00690. The number of rotatable bonds is 2. The SMILES string of the molecule is O=C(O)C1CC2CCC1N2C(=O)c1cc2ccccc2s1. The maximum atomic E-state index is 12.8. The van der Waals surface area contributed by atoms with Crippen molar-refractivity contribution in [3.63, 3.8) is 0 Å². The van der Waals surface area contributed by atoms with Crippen LogP contribution in [0.3, 0.4) is 0 Å². The fraction of sp³-hybridized carbons (Fsp3) is 0.375. The lowest BCUT2D eigenvalue weighted by molar-refractivity contribution is -0.142. The van der Waals surface area contributed by atoms with Gasteiger partial charge in [-0.05, 0) is 36.8 Å². The summed E-state index contributed by atoms with van der Waals surface area (Å²) >= 11 is 1.50. The average molecular weight is 301 g/mol. The molecule has 1 amide bonds. The van der Waals surface area contributed by atoms with E-state index in [0.717, 1.165) is 27.8 Å². The Labute approximate surface area is 126 Å². The van der Waals surface area contributed by atoms with Gasteiger partial charge in [0.1, 0.15) is 0 Å². The molecular formula is C16H15NO3S. The van der Waals surface area contributed by atoms with Gasteiger partial charge in [0.15, 0.2) is 0 Å². The van der Waals surface area contributed by atoms with Crippen molar-refractivity contribution in [3.05, 3.63) is 35.2 Å². The van der Waals surface area contributed by atoms with Gasteiger partial charge in [-0.1, -0.05) is 18.2 Å². The molecule has 4 nitrogen and oxygen atoms in total. The first kappa shape index (κ1) is 12.8. The van der Waals surface area contributed by atoms with Crippen molar-refractivity contribution < 1.29 is 14.7 Å². The van der Waals surface area contributed by atoms with Crippen molar-refractivity contribution in [1.29, 1.82) is 0 Å². The second kappa shape index (κ2) is 4.56.